The third-order valence-corrected chi connectivity index (χ3v) is 5.90. The van der Waals surface area contributed by atoms with Gasteiger partial charge in [-0.1, -0.05) is 41.9 Å². The number of benzene rings is 1. The van der Waals surface area contributed by atoms with Crippen LogP contribution in [-0.4, -0.2) is 23.3 Å². The first-order valence-corrected chi connectivity index (χ1v) is 9.08. The Labute approximate surface area is 157 Å². The van der Waals surface area contributed by atoms with Crippen LogP contribution in [0, 0.1) is 6.92 Å². The maximum Gasteiger partial charge on any atom is 0.498 e. The summed E-state index contributed by atoms with van der Waals surface area (Å²) in [7, 11) is -0.511. The van der Waals surface area contributed by atoms with Crippen molar-refractivity contribution in [2.45, 2.75) is 45.8 Å². The first-order chi connectivity index (χ1) is 11.1. The standard InChI is InChI=1S/C18H20BBrClNO2/c1-11-13(12-9-7-6-8-10-12)14(15(20)22-16(11)21)19-23-17(2,3)18(4,5)24-19/h6-10H,1-5H3. The van der Waals surface area contributed by atoms with Crippen molar-refractivity contribution in [2.24, 2.45) is 0 Å². The molecule has 1 aromatic heterocycles. The van der Waals surface area contributed by atoms with E-state index in [1.165, 1.54) is 0 Å². The molecular formula is C18H20BBrClNO2. The third-order valence-electron chi connectivity index (χ3n) is 4.92. The van der Waals surface area contributed by atoms with Crippen LogP contribution in [0.3, 0.4) is 0 Å². The largest absolute Gasteiger partial charge is 0.498 e. The monoisotopic (exact) mass is 407 g/mol. The molecule has 3 rings (SSSR count). The predicted octanol–water partition coefficient (Wildman–Crippen LogP) is 4.77. The number of nitrogens with zero attached hydrogens (tertiary/aromatic N) is 1. The quantitative estimate of drug-likeness (QED) is 0.530. The summed E-state index contributed by atoms with van der Waals surface area (Å²) in [5.41, 5.74) is 3.01. The average Bonchev–Trinajstić information content (AvgIpc) is 2.71. The van der Waals surface area contributed by atoms with Crippen LogP contribution in [0.4, 0.5) is 0 Å². The first kappa shape index (κ1) is 17.9. The van der Waals surface area contributed by atoms with Gasteiger partial charge in [0, 0.05) is 5.46 Å². The number of hydrogen-bond donors (Lipinski definition) is 0. The van der Waals surface area contributed by atoms with E-state index in [0.29, 0.717) is 9.76 Å². The molecule has 0 N–H and O–H groups in total. The second-order valence-corrected chi connectivity index (χ2v) is 8.17. The fourth-order valence-electron chi connectivity index (χ4n) is 2.79. The molecule has 0 atom stereocenters. The maximum absolute atomic E-state index is 6.34. The highest BCUT2D eigenvalue weighted by molar-refractivity contribution is 9.10. The maximum atomic E-state index is 6.34. The van der Waals surface area contributed by atoms with Crippen LogP contribution in [0.2, 0.25) is 5.15 Å². The van der Waals surface area contributed by atoms with E-state index in [0.717, 1.165) is 22.2 Å². The molecule has 2 aromatic rings. The van der Waals surface area contributed by atoms with Crippen molar-refractivity contribution < 1.29 is 9.31 Å². The van der Waals surface area contributed by atoms with E-state index < -0.39 is 18.3 Å². The lowest BCUT2D eigenvalue weighted by atomic mass is 9.74. The van der Waals surface area contributed by atoms with Gasteiger partial charge in [-0.05, 0) is 67.2 Å². The van der Waals surface area contributed by atoms with Gasteiger partial charge in [0.25, 0.3) is 0 Å². The summed E-state index contributed by atoms with van der Waals surface area (Å²) >= 11 is 9.90. The molecule has 6 heteroatoms. The minimum Gasteiger partial charge on any atom is -0.399 e. The van der Waals surface area contributed by atoms with Gasteiger partial charge in [0.05, 0.1) is 11.2 Å². The van der Waals surface area contributed by atoms with E-state index in [1.807, 2.05) is 52.8 Å². The van der Waals surface area contributed by atoms with Gasteiger partial charge < -0.3 is 9.31 Å². The fraction of sp³-hybridized carbons (Fsp3) is 0.389. The summed E-state index contributed by atoms with van der Waals surface area (Å²) in [5.74, 6) is 0. The molecule has 1 aromatic carbocycles. The minimum atomic E-state index is -0.511. The summed E-state index contributed by atoms with van der Waals surface area (Å²) in [6.45, 7) is 10.1. The van der Waals surface area contributed by atoms with E-state index in [-0.39, 0.29) is 0 Å². The van der Waals surface area contributed by atoms with Gasteiger partial charge in [0.2, 0.25) is 0 Å². The lowest BCUT2D eigenvalue weighted by Crippen LogP contribution is -2.41. The van der Waals surface area contributed by atoms with Crippen molar-refractivity contribution in [3.63, 3.8) is 0 Å². The normalized spacial score (nSPS) is 18.9. The van der Waals surface area contributed by atoms with Gasteiger partial charge in [0.1, 0.15) is 9.76 Å². The molecule has 0 aliphatic carbocycles. The molecule has 1 saturated heterocycles. The summed E-state index contributed by atoms with van der Waals surface area (Å²) in [6.07, 6.45) is 0. The van der Waals surface area contributed by atoms with Crippen LogP contribution in [0.1, 0.15) is 33.3 Å². The van der Waals surface area contributed by atoms with Gasteiger partial charge in [-0.3, -0.25) is 0 Å². The topological polar surface area (TPSA) is 31.4 Å². The molecule has 0 radical (unpaired) electrons. The van der Waals surface area contributed by atoms with Gasteiger partial charge in [-0.15, -0.1) is 0 Å². The molecule has 0 unspecified atom stereocenters. The van der Waals surface area contributed by atoms with Crippen molar-refractivity contribution in [3.8, 4) is 11.1 Å². The van der Waals surface area contributed by atoms with Crippen LogP contribution in [0.25, 0.3) is 11.1 Å². The molecule has 1 fully saturated rings. The average molecular weight is 409 g/mol. The molecule has 126 valence electrons. The Bertz CT molecular complexity index is 764. The predicted molar refractivity (Wildman–Crippen MR) is 103 cm³/mol. The van der Waals surface area contributed by atoms with Crippen LogP contribution in [0.5, 0.6) is 0 Å². The van der Waals surface area contributed by atoms with E-state index >= 15 is 0 Å². The number of hydrogen-bond acceptors (Lipinski definition) is 3. The molecule has 0 saturated carbocycles. The number of aromatic nitrogens is 1. The zero-order chi connectivity index (χ0) is 17.7. The first-order valence-electron chi connectivity index (χ1n) is 7.90. The smallest absolute Gasteiger partial charge is 0.399 e. The van der Waals surface area contributed by atoms with Crippen LogP contribution >= 0.6 is 27.5 Å². The summed E-state index contributed by atoms with van der Waals surface area (Å²) < 4.78 is 13.2. The van der Waals surface area contributed by atoms with Crippen molar-refractivity contribution in [3.05, 3.63) is 45.7 Å². The summed E-state index contributed by atoms with van der Waals surface area (Å²) in [4.78, 5) is 4.42. The highest BCUT2D eigenvalue weighted by Crippen LogP contribution is 2.39. The number of pyridine rings is 1. The molecule has 0 bridgehead atoms. The Morgan fingerprint density at radius 2 is 1.58 bits per heavy atom. The van der Waals surface area contributed by atoms with Crippen molar-refractivity contribution in [1.82, 2.24) is 4.98 Å². The zero-order valence-corrected chi connectivity index (χ0v) is 16.8. The Kier molecular flexibility index (Phi) is 4.58. The fourth-order valence-corrected chi connectivity index (χ4v) is 3.63. The van der Waals surface area contributed by atoms with E-state index in [1.54, 1.807) is 0 Å². The van der Waals surface area contributed by atoms with Gasteiger partial charge in [-0.2, -0.15) is 0 Å². The van der Waals surface area contributed by atoms with Crippen molar-refractivity contribution in [1.29, 1.82) is 0 Å². The zero-order valence-electron chi connectivity index (χ0n) is 14.5. The lowest BCUT2D eigenvalue weighted by molar-refractivity contribution is 0.00578. The van der Waals surface area contributed by atoms with E-state index in [4.69, 9.17) is 20.9 Å². The number of halogens is 2. The molecule has 1 aliphatic rings. The Hall–Kier alpha value is -0.875. The molecule has 3 nitrogen and oxygen atoms in total. The minimum absolute atomic E-state index is 0.418. The van der Waals surface area contributed by atoms with Crippen LogP contribution in [0.15, 0.2) is 34.9 Å². The number of rotatable bonds is 2. The summed E-state index contributed by atoms with van der Waals surface area (Å²) in [5, 5.41) is 0.473. The van der Waals surface area contributed by atoms with E-state index in [2.05, 4.69) is 33.0 Å². The van der Waals surface area contributed by atoms with Gasteiger partial charge >= 0.3 is 7.12 Å². The second kappa shape index (κ2) is 6.13. The molecule has 0 amide bonds. The van der Waals surface area contributed by atoms with Crippen molar-refractivity contribution in [2.75, 3.05) is 0 Å². The second-order valence-electron chi connectivity index (χ2n) is 7.06. The Balaban J connectivity index is 2.21. The molecule has 1 aliphatic heterocycles. The van der Waals surface area contributed by atoms with Gasteiger partial charge in [0.15, 0.2) is 0 Å². The highest BCUT2D eigenvalue weighted by Gasteiger charge is 2.53. The SMILES string of the molecule is Cc1c(Cl)nc(Br)c(B2OC(C)(C)C(C)(C)O2)c1-c1ccccc1. The van der Waals surface area contributed by atoms with E-state index in [9.17, 15) is 0 Å². The molecular weight excluding hydrogens is 388 g/mol. The van der Waals surface area contributed by atoms with Crippen LogP contribution < -0.4 is 5.46 Å². The molecule has 24 heavy (non-hydrogen) atoms. The molecule has 2 heterocycles. The third kappa shape index (κ3) is 2.92. The molecule has 0 spiro atoms. The summed E-state index contributed by atoms with van der Waals surface area (Å²) in [6, 6.07) is 10.1. The Morgan fingerprint density at radius 1 is 1.04 bits per heavy atom. The van der Waals surface area contributed by atoms with Gasteiger partial charge in [-0.25, -0.2) is 4.98 Å². The van der Waals surface area contributed by atoms with Crippen molar-refractivity contribution >= 4 is 40.1 Å². The Morgan fingerprint density at radius 3 is 2.12 bits per heavy atom. The van der Waals surface area contributed by atoms with Crippen LogP contribution in [-0.2, 0) is 9.31 Å². The highest BCUT2D eigenvalue weighted by atomic mass is 79.9. The lowest BCUT2D eigenvalue weighted by Gasteiger charge is -2.32.